The van der Waals surface area contributed by atoms with Crippen molar-refractivity contribution in [2.24, 2.45) is 5.73 Å². The Hall–Kier alpha value is -0.310. The number of aromatic nitrogens is 1. The van der Waals surface area contributed by atoms with E-state index in [1.165, 1.54) is 6.07 Å². The molecule has 3 nitrogen and oxygen atoms in total. The summed E-state index contributed by atoms with van der Waals surface area (Å²) in [6, 6.07) is 1.19. The summed E-state index contributed by atoms with van der Waals surface area (Å²) in [6.07, 6.45) is -2.76. The van der Waals surface area contributed by atoms with Gasteiger partial charge >= 0.3 is 0 Å². The molecule has 0 unspecified atom stereocenters. The number of carbonyl (C=O) groups excluding carboxylic acids is 1. The first-order valence-electron chi connectivity index (χ1n) is 3.37. The predicted octanol–water partition coefficient (Wildman–Crippen LogP) is 2.49. The molecule has 0 fully saturated rings. The standard InChI is InChI=1S/C7H4BrF2IN2O/c8-3-1-2(7(12)14)4(5(9)10)6(11)13-3/h1,5H,(H2,12,14). The molecule has 0 saturated heterocycles. The van der Waals surface area contributed by atoms with Gasteiger partial charge in [0.1, 0.15) is 8.30 Å². The summed E-state index contributed by atoms with van der Waals surface area (Å²) in [5, 5.41) is 0. The fraction of sp³-hybridized carbons (Fsp3) is 0.143. The fourth-order valence-corrected chi connectivity index (χ4v) is 2.43. The molecule has 0 aliphatic rings. The highest BCUT2D eigenvalue weighted by molar-refractivity contribution is 14.1. The normalized spacial score (nSPS) is 10.6. The number of carbonyl (C=O) groups is 1. The van der Waals surface area contributed by atoms with Crippen molar-refractivity contribution in [1.29, 1.82) is 0 Å². The van der Waals surface area contributed by atoms with Crippen molar-refractivity contribution in [2.75, 3.05) is 0 Å². The molecular weight excluding hydrogens is 373 g/mol. The predicted molar refractivity (Wildman–Crippen MR) is 58.1 cm³/mol. The van der Waals surface area contributed by atoms with E-state index in [1.807, 2.05) is 0 Å². The van der Waals surface area contributed by atoms with Crippen LogP contribution in [0.5, 0.6) is 0 Å². The maximum atomic E-state index is 12.5. The third-order valence-electron chi connectivity index (χ3n) is 1.46. The zero-order valence-corrected chi connectivity index (χ0v) is 10.3. The molecule has 1 aromatic rings. The first-order valence-corrected chi connectivity index (χ1v) is 5.24. The Morgan fingerprint density at radius 1 is 1.64 bits per heavy atom. The maximum absolute atomic E-state index is 12.5. The van der Waals surface area contributed by atoms with E-state index in [2.05, 4.69) is 20.9 Å². The van der Waals surface area contributed by atoms with E-state index >= 15 is 0 Å². The van der Waals surface area contributed by atoms with E-state index in [0.717, 1.165) is 0 Å². The Labute approximate surface area is 100 Å². The van der Waals surface area contributed by atoms with Gasteiger partial charge in [-0.3, -0.25) is 4.79 Å². The van der Waals surface area contributed by atoms with Gasteiger partial charge in [0, 0.05) is 0 Å². The largest absolute Gasteiger partial charge is 0.366 e. The zero-order valence-electron chi connectivity index (χ0n) is 6.60. The summed E-state index contributed by atoms with van der Waals surface area (Å²) >= 11 is 4.63. The Bertz CT molecular complexity index is 386. The lowest BCUT2D eigenvalue weighted by molar-refractivity contribution is 0.0985. The van der Waals surface area contributed by atoms with E-state index in [0.29, 0.717) is 4.60 Å². The number of hydrogen-bond acceptors (Lipinski definition) is 2. The van der Waals surface area contributed by atoms with Crippen LogP contribution in [0.25, 0.3) is 0 Å². The van der Waals surface area contributed by atoms with Crippen LogP contribution in [0, 0.1) is 3.70 Å². The molecule has 0 aromatic carbocycles. The molecule has 0 spiro atoms. The van der Waals surface area contributed by atoms with Crippen LogP contribution in [0.3, 0.4) is 0 Å². The highest BCUT2D eigenvalue weighted by Crippen LogP contribution is 2.28. The Morgan fingerprint density at radius 3 is 2.64 bits per heavy atom. The summed E-state index contributed by atoms with van der Waals surface area (Å²) in [4.78, 5) is 14.6. The molecule has 1 amide bonds. The van der Waals surface area contributed by atoms with E-state index in [1.54, 1.807) is 22.6 Å². The summed E-state index contributed by atoms with van der Waals surface area (Å²) in [6.45, 7) is 0. The van der Waals surface area contributed by atoms with Crippen LogP contribution in [-0.2, 0) is 0 Å². The van der Waals surface area contributed by atoms with Gasteiger partial charge in [-0.25, -0.2) is 13.8 Å². The van der Waals surface area contributed by atoms with Crippen molar-refractivity contribution in [1.82, 2.24) is 4.98 Å². The molecule has 0 aliphatic carbocycles. The molecule has 0 atom stereocenters. The molecular formula is C7H4BrF2IN2O. The second kappa shape index (κ2) is 4.47. The Kier molecular flexibility index (Phi) is 3.76. The van der Waals surface area contributed by atoms with Gasteiger partial charge in [-0.15, -0.1) is 0 Å². The molecule has 0 saturated carbocycles. The van der Waals surface area contributed by atoms with Gasteiger partial charge < -0.3 is 5.73 Å². The van der Waals surface area contributed by atoms with Crippen LogP contribution in [-0.4, -0.2) is 10.9 Å². The number of nitrogens with two attached hydrogens (primary N) is 1. The second-order valence-corrected chi connectivity index (χ2v) is 4.20. The summed E-state index contributed by atoms with van der Waals surface area (Å²) < 4.78 is 25.4. The van der Waals surface area contributed by atoms with E-state index < -0.39 is 17.9 Å². The van der Waals surface area contributed by atoms with Gasteiger partial charge in [-0.2, -0.15) is 0 Å². The number of rotatable bonds is 2. The van der Waals surface area contributed by atoms with Crippen LogP contribution < -0.4 is 5.73 Å². The van der Waals surface area contributed by atoms with Crippen molar-refractivity contribution in [3.8, 4) is 0 Å². The van der Waals surface area contributed by atoms with Crippen LogP contribution in [0.4, 0.5) is 8.78 Å². The van der Waals surface area contributed by atoms with Crippen molar-refractivity contribution >= 4 is 44.4 Å². The van der Waals surface area contributed by atoms with Crippen molar-refractivity contribution in [3.63, 3.8) is 0 Å². The minimum atomic E-state index is -2.76. The Balaban J connectivity index is 3.44. The second-order valence-electron chi connectivity index (χ2n) is 2.36. The summed E-state index contributed by atoms with van der Waals surface area (Å²) in [7, 11) is 0. The average molecular weight is 377 g/mol. The fourth-order valence-electron chi connectivity index (χ4n) is 0.906. The number of amides is 1. The third kappa shape index (κ3) is 2.38. The third-order valence-corrected chi connectivity index (χ3v) is 2.69. The number of primary amides is 1. The van der Waals surface area contributed by atoms with Crippen LogP contribution >= 0.6 is 38.5 Å². The number of nitrogens with zero attached hydrogens (tertiary/aromatic N) is 1. The lowest BCUT2D eigenvalue weighted by Crippen LogP contribution is -2.15. The molecule has 0 bridgehead atoms. The molecule has 2 N–H and O–H groups in total. The quantitative estimate of drug-likeness (QED) is 0.636. The van der Waals surface area contributed by atoms with Gasteiger partial charge in [0.25, 0.3) is 6.43 Å². The van der Waals surface area contributed by atoms with Crippen LogP contribution in [0.15, 0.2) is 10.7 Å². The van der Waals surface area contributed by atoms with Gasteiger partial charge in [-0.05, 0) is 44.6 Å². The number of hydrogen-bond donors (Lipinski definition) is 1. The van der Waals surface area contributed by atoms with Gasteiger partial charge in [0.15, 0.2) is 0 Å². The molecule has 7 heteroatoms. The van der Waals surface area contributed by atoms with E-state index in [-0.39, 0.29) is 9.26 Å². The highest BCUT2D eigenvalue weighted by Gasteiger charge is 2.21. The first-order chi connectivity index (χ1) is 6.43. The molecule has 1 aromatic heterocycles. The minimum absolute atomic E-state index is 0.0702. The van der Waals surface area contributed by atoms with E-state index in [9.17, 15) is 13.6 Å². The monoisotopic (exact) mass is 376 g/mol. The first kappa shape index (κ1) is 11.8. The smallest absolute Gasteiger partial charge is 0.267 e. The van der Waals surface area contributed by atoms with Crippen molar-refractivity contribution in [2.45, 2.75) is 6.43 Å². The lowest BCUT2D eigenvalue weighted by Gasteiger charge is -2.07. The van der Waals surface area contributed by atoms with Crippen molar-refractivity contribution < 1.29 is 13.6 Å². The maximum Gasteiger partial charge on any atom is 0.267 e. The Morgan fingerprint density at radius 2 is 2.21 bits per heavy atom. The summed E-state index contributed by atoms with van der Waals surface area (Å²) in [5.41, 5.74) is 4.35. The number of pyridine rings is 1. The number of halogens is 4. The van der Waals surface area contributed by atoms with Gasteiger partial charge in [-0.1, -0.05) is 0 Å². The van der Waals surface area contributed by atoms with Crippen molar-refractivity contribution in [3.05, 3.63) is 25.5 Å². The summed E-state index contributed by atoms with van der Waals surface area (Å²) in [5.74, 6) is -0.888. The van der Waals surface area contributed by atoms with Gasteiger partial charge in [0.2, 0.25) is 5.91 Å². The van der Waals surface area contributed by atoms with E-state index in [4.69, 9.17) is 5.73 Å². The topological polar surface area (TPSA) is 56.0 Å². The van der Waals surface area contributed by atoms with Crippen LogP contribution in [0.2, 0.25) is 0 Å². The SMILES string of the molecule is NC(=O)c1cc(Br)nc(I)c1C(F)F. The average Bonchev–Trinajstić information content (AvgIpc) is 2.01. The molecule has 0 radical (unpaired) electrons. The zero-order chi connectivity index (χ0) is 10.9. The molecule has 1 rings (SSSR count). The highest BCUT2D eigenvalue weighted by atomic mass is 127. The molecule has 1 heterocycles. The minimum Gasteiger partial charge on any atom is -0.366 e. The number of alkyl halides is 2. The lowest BCUT2D eigenvalue weighted by atomic mass is 10.1. The molecule has 14 heavy (non-hydrogen) atoms. The molecule has 76 valence electrons. The van der Waals surface area contributed by atoms with Gasteiger partial charge in [0.05, 0.1) is 11.1 Å². The molecule has 0 aliphatic heterocycles. The van der Waals surface area contributed by atoms with Crippen LogP contribution in [0.1, 0.15) is 22.3 Å².